The number of unbranched alkanes of at least 4 members (excludes halogenated alkanes) is 2. The highest BCUT2D eigenvalue weighted by atomic mass is 32.2. The van der Waals surface area contributed by atoms with Gasteiger partial charge in [-0.2, -0.15) is 11.8 Å². The maximum atomic E-state index is 14.0. The number of carbonyl (C=O) groups excluding carboxylic acids is 10. The van der Waals surface area contributed by atoms with E-state index < -0.39 is 176 Å². The van der Waals surface area contributed by atoms with E-state index in [1.165, 1.54) is 18.7 Å². The molecule has 23 N–H and O–H groups in total. The Morgan fingerprint density at radius 3 is 1.15 bits per heavy atom. The predicted molar refractivity (Wildman–Crippen MR) is 264 cm³/mol. The fourth-order valence-corrected chi connectivity index (χ4v) is 7.13. The lowest BCUT2D eigenvalue weighted by Gasteiger charge is -2.29. The molecular weight excluding hydrogens is 1000 g/mol. The second-order valence-electron chi connectivity index (χ2n) is 17.4. The molecule has 0 aromatic carbocycles. The third kappa shape index (κ3) is 26.6. The van der Waals surface area contributed by atoms with Gasteiger partial charge >= 0.3 is 11.9 Å². The van der Waals surface area contributed by atoms with Gasteiger partial charge in [0.1, 0.15) is 54.4 Å². The van der Waals surface area contributed by atoms with E-state index in [2.05, 4.69) is 37.2 Å². The molecule has 30 nitrogen and oxygen atoms in total. The maximum Gasteiger partial charge on any atom is 0.326 e. The van der Waals surface area contributed by atoms with Crippen molar-refractivity contribution in [3.63, 3.8) is 0 Å². The SMILES string of the molecule is CSCC[C@H](NC(=O)[C@H](CCC(N)=O)NC(=O)[C@H](CCC(N)=O)NC(=O)[C@H](CC(=O)O)NC(=O)[C@@H](NC(=O)[C@@H](N)[C@@H](C)O)[C@@H](C)O)C(=O)N[C@H](C(=O)N[C@@H](CCCCN)C(=O)N[C@@H](CCCCN)C(=O)O)[C@@H](C)O. The zero-order valence-corrected chi connectivity index (χ0v) is 42.8. The summed E-state index contributed by atoms with van der Waals surface area (Å²) in [4.78, 5) is 156. The monoisotopic (exact) mass is 1080 g/mol. The number of hydrogen-bond acceptors (Lipinski definition) is 19. The summed E-state index contributed by atoms with van der Waals surface area (Å²) in [5, 5.41) is 68.1. The number of primary amides is 2. The normalized spacial score (nSPS) is 16.0. The minimum absolute atomic E-state index is 0.0187. The van der Waals surface area contributed by atoms with Gasteiger partial charge in [-0.15, -0.1) is 0 Å². The second-order valence-corrected chi connectivity index (χ2v) is 18.4. The van der Waals surface area contributed by atoms with Gasteiger partial charge in [0.05, 0.1) is 24.7 Å². The van der Waals surface area contributed by atoms with Gasteiger partial charge in [-0.1, -0.05) is 0 Å². The van der Waals surface area contributed by atoms with Gasteiger partial charge in [-0.3, -0.25) is 52.7 Å². The maximum absolute atomic E-state index is 14.0. The summed E-state index contributed by atoms with van der Waals surface area (Å²) in [6.07, 6.45) is -5.04. The molecule has 0 saturated heterocycles. The molecule has 0 fully saturated rings. The van der Waals surface area contributed by atoms with Crippen molar-refractivity contribution in [3.8, 4) is 0 Å². The van der Waals surface area contributed by atoms with Crippen LogP contribution in [0.3, 0.4) is 0 Å². The smallest absolute Gasteiger partial charge is 0.326 e. The van der Waals surface area contributed by atoms with E-state index in [-0.39, 0.29) is 38.1 Å². The van der Waals surface area contributed by atoms with Gasteiger partial charge in [-0.25, -0.2) is 4.79 Å². The number of amides is 10. The van der Waals surface area contributed by atoms with E-state index in [0.29, 0.717) is 25.7 Å². The number of rotatable bonds is 39. The molecule has 0 unspecified atom stereocenters. The summed E-state index contributed by atoms with van der Waals surface area (Å²) in [5.41, 5.74) is 27.3. The van der Waals surface area contributed by atoms with Crippen LogP contribution in [0.2, 0.25) is 0 Å². The highest BCUT2D eigenvalue weighted by Crippen LogP contribution is 2.11. The number of nitrogens with two attached hydrogens (primary N) is 5. The van der Waals surface area contributed by atoms with Crippen LogP contribution in [0.5, 0.6) is 0 Å². The number of carboxylic acids is 2. The van der Waals surface area contributed by atoms with Gasteiger partial charge in [0, 0.05) is 12.8 Å². The van der Waals surface area contributed by atoms with Crippen LogP contribution < -0.4 is 71.2 Å². The minimum atomic E-state index is -2.04. The molecule has 0 aromatic rings. The van der Waals surface area contributed by atoms with Crippen molar-refractivity contribution in [3.05, 3.63) is 0 Å². The second kappa shape index (κ2) is 35.8. The number of aliphatic carboxylic acids is 2. The number of hydrogen-bond donors (Lipinski definition) is 18. The van der Waals surface area contributed by atoms with Crippen molar-refractivity contribution in [2.24, 2.45) is 28.7 Å². The molecule has 31 heteroatoms. The van der Waals surface area contributed by atoms with Crippen molar-refractivity contribution < 1.29 is 83.1 Å². The van der Waals surface area contributed by atoms with Crippen molar-refractivity contribution in [1.82, 2.24) is 42.5 Å². The number of carbonyl (C=O) groups is 12. The molecule has 0 bridgehead atoms. The van der Waals surface area contributed by atoms with Gasteiger partial charge in [0.2, 0.25) is 59.1 Å². The first-order valence-corrected chi connectivity index (χ1v) is 25.1. The lowest BCUT2D eigenvalue weighted by atomic mass is 10.0. The molecular formula is C43H77N13O17S. The molecule has 12 atom stereocenters. The van der Waals surface area contributed by atoms with Crippen molar-refractivity contribution in [2.45, 2.75) is 171 Å². The first-order valence-electron chi connectivity index (χ1n) is 23.7. The average Bonchev–Trinajstić information content (AvgIpc) is 3.31. The Kier molecular flexibility index (Phi) is 32.8. The van der Waals surface area contributed by atoms with Gasteiger partial charge in [0.25, 0.3) is 0 Å². The van der Waals surface area contributed by atoms with E-state index in [1.807, 2.05) is 5.32 Å². The molecule has 0 aliphatic carbocycles. The van der Waals surface area contributed by atoms with Crippen molar-refractivity contribution >= 4 is 82.8 Å². The van der Waals surface area contributed by atoms with Crippen LogP contribution >= 0.6 is 11.8 Å². The Hall–Kier alpha value is -6.25. The zero-order chi connectivity index (χ0) is 56.8. The fourth-order valence-electron chi connectivity index (χ4n) is 6.66. The van der Waals surface area contributed by atoms with Gasteiger partial charge in [-0.05, 0) is 104 Å². The Bertz CT molecular complexity index is 1910. The van der Waals surface area contributed by atoms with Crippen LogP contribution in [0, 0.1) is 0 Å². The Balaban J connectivity index is 6.74. The lowest BCUT2D eigenvalue weighted by molar-refractivity contribution is -0.143. The van der Waals surface area contributed by atoms with Crippen molar-refractivity contribution in [1.29, 1.82) is 0 Å². The molecule has 0 radical (unpaired) electrons. The first kappa shape index (κ1) is 67.8. The molecule has 422 valence electrons. The summed E-state index contributed by atoms with van der Waals surface area (Å²) in [6.45, 7) is 3.88. The van der Waals surface area contributed by atoms with Crippen LogP contribution in [-0.4, -0.2) is 194 Å². The molecule has 0 aromatic heterocycles. The summed E-state index contributed by atoms with van der Waals surface area (Å²) < 4.78 is 0. The summed E-state index contributed by atoms with van der Waals surface area (Å²) >= 11 is 1.23. The molecule has 0 spiro atoms. The van der Waals surface area contributed by atoms with Crippen LogP contribution in [0.4, 0.5) is 0 Å². The number of thioether (sulfide) groups is 1. The fraction of sp³-hybridized carbons (Fsp3) is 0.721. The quantitative estimate of drug-likeness (QED) is 0.0254. The summed E-state index contributed by atoms with van der Waals surface area (Å²) in [5.74, 6) is -13.9. The largest absolute Gasteiger partial charge is 0.481 e. The molecule has 0 heterocycles. The molecule has 0 rings (SSSR count). The lowest BCUT2D eigenvalue weighted by Crippen LogP contribution is -2.62. The van der Waals surface area contributed by atoms with Crippen LogP contribution in [0.25, 0.3) is 0 Å². The summed E-state index contributed by atoms with van der Waals surface area (Å²) in [6, 6.07) is -15.0. The van der Waals surface area contributed by atoms with Gasteiger partial charge in [0.15, 0.2) is 0 Å². The average molecular weight is 1080 g/mol. The molecule has 0 aliphatic rings. The Morgan fingerprint density at radius 1 is 0.446 bits per heavy atom. The predicted octanol–water partition coefficient (Wildman–Crippen LogP) is -7.56. The van der Waals surface area contributed by atoms with E-state index >= 15 is 0 Å². The standard InChI is InChI=1S/C43H77N13O17S/c1-20(57)32(48)40(69)56-34(22(3)59)42(71)54-28(19-31(62)63)39(68)50-25(12-14-30(47)61)36(65)49-24(11-13-29(46)60)37(66)51-26(15-18-74-4)38(67)55-33(21(2)58)41(70)52-23(9-5-7-16-44)35(64)53-27(43(72)73)10-6-8-17-45/h20-28,32-34,57-59H,5-19,44-45,48H2,1-4H3,(H2,46,60)(H2,47,61)(H,49,65)(H,50,68)(H,51,66)(H,52,70)(H,53,64)(H,54,71)(H,55,67)(H,56,69)(H,62,63)(H,72,73)/t20-,21-,22-,23+,24+,25+,26+,27+,28+,32+,33+,34+/m1/s1. The van der Waals surface area contributed by atoms with Crippen LogP contribution in [0.15, 0.2) is 0 Å². The highest BCUT2D eigenvalue weighted by molar-refractivity contribution is 7.98. The Morgan fingerprint density at radius 2 is 0.784 bits per heavy atom. The number of carboxylic acid groups (broad SMARTS) is 2. The van der Waals surface area contributed by atoms with E-state index in [4.69, 9.17) is 28.7 Å². The molecule has 74 heavy (non-hydrogen) atoms. The van der Waals surface area contributed by atoms with Crippen molar-refractivity contribution in [2.75, 3.05) is 25.1 Å². The zero-order valence-electron chi connectivity index (χ0n) is 42.0. The number of aliphatic hydroxyl groups excluding tert-OH is 3. The summed E-state index contributed by atoms with van der Waals surface area (Å²) in [7, 11) is 0. The number of nitrogens with one attached hydrogen (secondary N) is 8. The van der Waals surface area contributed by atoms with Crippen LogP contribution in [0.1, 0.15) is 97.8 Å². The topological polar surface area (TPSA) is 532 Å². The molecule has 0 saturated carbocycles. The third-order valence-electron chi connectivity index (χ3n) is 11.0. The Labute approximate surface area is 431 Å². The number of aliphatic hydroxyl groups is 3. The van der Waals surface area contributed by atoms with E-state index in [0.717, 1.165) is 13.8 Å². The first-order chi connectivity index (χ1) is 34.6. The van der Waals surface area contributed by atoms with Crippen LogP contribution in [-0.2, 0) is 57.5 Å². The third-order valence-corrected chi connectivity index (χ3v) is 11.6. The molecule has 0 aliphatic heterocycles. The highest BCUT2D eigenvalue weighted by Gasteiger charge is 2.37. The molecule has 10 amide bonds. The van der Waals surface area contributed by atoms with Gasteiger partial charge < -0.3 is 96.7 Å². The van der Waals surface area contributed by atoms with E-state index in [1.54, 1.807) is 6.26 Å². The van der Waals surface area contributed by atoms with E-state index in [9.17, 15) is 83.1 Å². The minimum Gasteiger partial charge on any atom is -0.481 e.